The summed E-state index contributed by atoms with van der Waals surface area (Å²) in [5.74, 6) is -3.39. The number of hydrogen-bond donors (Lipinski definition) is 4. The van der Waals surface area contributed by atoms with Gasteiger partial charge in [0.05, 0.1) is 18.2 Å². The Kier molecular flexibility index (Phi) is 5.74. The van der Waals surface area contributed by atoms with Gasteiger partial charge in [0.15, 0.2) is 17.1 Å². The number of ether oxygens (including phenoxy) is 1. The van der Waals surface area contributed by atoms with Gasteiger partial charge in [0.1, 0.15) is 17.1 Å². The number of phenols is 1. The van der Waals surface area contributed by atoms with E-state index in [0.717, 1.165) is 12.8 Å². The zero-order valence-electron chi connectivity index (χ0n) is 22.0. The Bertz CT molecular complexity index is 1570. The fourth-order valence-corrected chi connectivity index (χ4v) is 6.64. The van der Waals surface area contributed by atoms with E-state index in [1.54, 1.807) is 37.2 Å². The first-order valence-electron chi connectivity index (χ1n) is 13.2. The molecule has 0 bridgehead atoms. The molecule has 1 aromatic heterocycles. The van der Waals surface area contributed by atoms with Gasteiger partial charge in [0.2, 0.25) is 5.78 Å². The minimum atomic E-state index is -2.39. The predicted molar refractivity (Wildman–Crippen MR) is 142 cm³/mol. The first-order chi connectivity index (χ1) is 18.6. The van der Waals surface area contributed by atoms with Crippen LogP contribution < -0.4 is 10.5 Å². The Labute approximate surface area is 224 Å². The molecule has 10 nitrogen and oxygen atoms in total. The summed E-state index contributed by atoms with van der Waals surface area (Å²) in [6.45, 7) is 2.31. The SMILES string of the molecule is CCCCOc1noc2c1C(=O)[C@@]1(O)C(O)=C3C(=O)c4c(cc5cc(N)ccc5c4O)C[C@H]3C[C@H]1[C@@H]2N(C)C. The normalized spacial score (nSPS) is 25.9. The Morgan fingerprint density at radius 2 is 1.97 bits per heavy atom. The minimum absolute atomic E-state index is 0.0239. The minimum Gasteiger partial charge on any atom is -0.508 e. The van der Waals surface area contributed by atoms with Crippen molar-refractivity contribution in [3.05, 3.63) is 58.0 Å². The van der Waals surface area contributed by atoms with E-state index >= 15 is 0 Å². The predicted octanol–water partition coefficient (Wildman–Crippen LogP) is 3.71. The van der Waals surface area contributed by atoms with Gasteiger partial charge < -0.3 is 30.3 Å². The van der Waals surface area contributed by atoms with Gasteiger partial charge in [-0.2, -0.15) is 0 Å². The molecule has 4 atom stereocenters. The molecule has 0 radical (unpaired) electrons. The Morgan fingerprint density at radius 1 is 1.21 bits per heavy atom. The molecule has 3 aliphatic carbocycles. The Hall–Kier alpha value is -3.89. The monoisotopic (exact) mass is 533 g/mol. The van der Waals surface area contributed by atoms with E-state index in [2.05, 4.69) is 5.16 Å². The molecule has 10 heteroatoms. The van der Waals surface area contributed by atoms with Crippen molar-refractivity contribution in [3.8, 4) is 11.6 Å². The number of phenolic OH excluding ortho intramolecular Hbond substituents is 1. The van der Waals surface area contributed by atoms with Crippen molar-refractivity contribution >= 4 is 28.0 Å². The van der Waals surface area contributed by atoms with Crippen LogP contribution in [-0.2, 0) is 6.42 Å². The maximum absolute atomic E-state index is 14.0. The lowest BCUT2D eigenvalue weighted by atomic mass is 9.58. The molecule has 204 valence electrons. The standard InChI is InChI=1S/C29H31N3O7/c1-4-5-8-38-28-21-25(39-31-28)22(32(2)3)18-12-15-10-14-9-13-11-16(30)6-7-17(13)23(33)19(14)24(34)20(15)26(35)29(18,37)27(21)36/h6-7,9,11,15,18,22,33,35,37H,4-5,8,10,12,30H2,1-3H3/t15-,18-,22-,29-/m0/s1. The molecule has 39 heavy (non-hydrogen) atoms. The smallest absolute Gasteiger partial charge is 0.265 e. The van der Waals surface area contributed by atoms with Crippen molar-refractivity contribution in [2.75, 3.05) is 26.4 Å². The van der Waals surface area contributed by atoms with Gasteiger partial charge in [0, 0.05) is 22.6 Å². The van der Waals surface area contributed by atoms with Crippen LogP contribution in [0.5, 0.6) is 11.6 Å². The van der Waals surface area contributed by atoms with Crippen LogP contribution in [0.2, 0.25) is 0 Å². The molecular formula is C29H31N3O7. The third-order valence-corrected chi connectivity index (χ3v) is 8.46. The number of nitrogens with two attached hydrogens (primary N) is 1. The van der Waals surface area contributed by atoms with E-state index in [0.29, 0.717) is 35.1 Å². The maximum Gasteiger partial charge on any atom is 0.265 e. The molecule has 0 aliphatic heterocycles. The maximum atomic E-state index is 14.0. The molecule has 0 amide bonds. The summed E-state index contributed by atoms with van der Waals surface area (Å²) in [5.41, 5.74) is 4.69. The fraction of sp³-hybridized carbons (Fsp3) is 0.414. The zero-order valence-corrected chi connectivity index (χ0v) is 22.0. The third-order valence-electron chi connectivity index (χ3n) is 8.46. The van der Waals surface area contributed by atoms with Gasteiger partial charge in [-0.3, -0.25) is 14.5 Å². The molecule has 0 unspecified atom stereocenters. The van der Waals surface area contributed by atoms with Gasteiger partial charge in [-0.1, -0.05) is 19.4 Å². The van der Waals surface area contributed by atoms with Crippen LogP contribution in [0, 0.1) is 11.8 Å². The first-order valence-corrected chi connectivity index (χ1v) is 13.2. The fourth-order valence-electron chi connectivity index (χ4n) is 6.64. The summed E-state index contributed by atoms with van der Waals surface area (Å²) in [6.07, 6.45) is 2.15. The second-order valence-electron chi connectivity index (χ2n) is 11.0. The van der Waals surface area contributed by atoms with Gasteiger partial charge in [-0.25, -0.2) is 0 Å². The van der Waals surface area contributed by atoms with Crippen LogP contribution >= 0.6 is 0 Å². The van der Waals surface area contributed by atoms with Gasteiger partial charge in [-0.15, -0.1) is 0 Å². The molecule has 0 saturated heterocycles. The van der Waals surface area contributed by atoms with Crippen molar-refractivity contribution in [3.63, 3.8) is 0 Å². The number of unbranched alkanes of at least 4 members (excludes halogenated alkanes) is 1. The molecule has 0 fully saturated rings. The van der Waals surface area contributed by atoms with Crippen LogP contribution in [0.25, 0.3) is 10.8 Å². The summed E-state index contributed by atoms with van der Waals surface area (Å²) in [6, 6.07) is 6.21. The second-order valence-corrected chi connectivity index (χ2v) is 11.0. The number of aromatic hydroxyl groups is 1. The number of hydrogen-bond acceptors (Lipinski definition) is 10. The number of nitrogens with zero attached hydrogens (tertiary/aromatic N) is 2. The molecule has 0 spiro atoms. The average Bonchev–Trinajstić information content (AvgIpc) is 3.29. The largest absolute Gasteiger partial charge is 0.508 e. The molecule has 3 aromatic rings. The number of benzene rings is 2. The number of fused-ring (bicyclic) bond motifs is 5. The number of carbonyl (C=O) groups excluding carboxylic acids is 2. The Morgan fingerprint density at radius 3 is 2.69 bits per heavy atom. The first kappa shape index (κ1) is 25.4. The number of aromatic nitrogens is 1. The number of ketones is 2. The molecule has 3 aliphatic rings. The number of allylic oxidation sites excluding steroid dienone is 1. The molecular weight excluding hydrogens is 502 g/mol. The van der Waals surface area contributed by atoms with Crippen molar-refractivity contribution in [1.82, 2.24) is 10.1 Å². The van der Waals surface area contributed by atoms with Gasteiger partial charge in [-0.05, 0) is 73.6 Å². The van der Waals surface area contributed by atoms with E-state index in [1.165, 1.54) is 0 Å². The second kappa shape index (κ2) is 8.82. The molecule has 2 aromatic carbocycles. The van der Waals surface area contributed by atoms with E-state index in [4.69, 9.17) is 15.0 Å². The zero-order chi connectivity index (χ0) is 27.8. The van der Waals surface area contributed by atoms with Crippen molar-refractivity contribution < 1.29 is 34.2 Å². The van der Waals surface area contributed by atoms with Gasteiger partial charge >= 0.3 is 0 Å². The van der Waals surface area contributed by atoms with E-state index in [1.807, 2.05) is 13.0 Å². The number of anilines is 1. The van der Waals surface area contributed by atoms with E-state index in [9.17, 15) is 24.9 Å². The van der Waals surface area contributed by atoms with E-state index < -0.39 is 40.8 Å². The number of carbonyl (C=O) groups is 2. The summed E-state index contributed by atoms with van der Waals surface area (Å²) in [4.78, 5) is 29.6. The average molecular weight is 534 g/mol. The quantitative estimate of drug-likeness (QED) is 0.281. The number of rotatable bonds is 5. The lowest BCUT2D eigenvalue weighted by Gasteiger charge is -2.49. The van der Waals surface area contributed by atoms with Crippen LogP contribution in [0.4, 0.5) is 5.69 Å². The summed E-state index contributed by atoms with van der Waals surface area (Å²) < 4.78 is 11.3. The van der Waals surface area contributed by atoms with Crippen LogP contribution in [0.15, 0.2) is 40.1 Å². The third kappa shape index (κ3) is 3.44. The van der Waals surface area contributed by atoms with Crippen LogP contribution in [-0.4, -0.2) is 63.2 Å². The number of aliphatic hydroxyl groups excluding tert-OH is 1. The summed E-state index contributed by atoms with van der Waals surface area (Å²) >= 11 is 0. The summed E-state index contributed by atoms with van der Waals surface area (Å²) in [7, 11) is 3.58. The topological polar surface area (TPSA) is 159 Å². The van der Waals surface area contributed by atoms with Crippen LogP contribution in [0.3, 0.4) is 0 Å². The Balaban J connectivity index is 1.51. The molecule has 5 N–H and O–H groups in total. The van der Waals surface area contributed by atoms with Crippen molar-refractivity contribution in [1.29, 1.82) is 0 Å². The van der Waals surface area contributed by atoms with Crippen LogP contribution in [0.1, 0.15) is 64.3 Å². The molecule has 1 heterocycles. The summed E-state index contributed by atoms with van der Waals surface area (Å²) in [5, 5.41) is 39.9. The highest BCUT2D eigenvalue weighted by Crippen LogP contribution is 2.56. The van der Waals surface area contributed by atoms with E-state index in [-0.39, 0.29) is 40.5 Å². The highest BCUT2D eigenvalue weighted by Gasteiger charge is 2.63. The number of aliphatic hydroxyl groups is 2. The molecule has 0 saturated carbocycles. The number of nitrogen functional groups attached to an aromatic ring is 1. The highest BCUT2D eigenvalue weighted by molar-refractivity contribution is 6.18. The lowest BCUT2D eigenvalue weighted by Crippen LogP contribution is -2.59. The molecule has 6 rings (SSSR count). The van der Waals surface area contributed by atoms with Gasteiger partial charge in [0.25, 0.3) is 5.88 Å². The lowest BCUT2D eigenvalue weighted by molar-refractivity contribution is -0.0559. The van der Waals surface area contributed by atoms with Crippen molar-refractivity contribution in [2.45, 2.75) is 44.2 Å². The number of Topliss-reactive ketones (excluding diaryl/α,β-unsaturated/α-hetero) is 2. The highest BCUT2D eigenvalue weighted by atomic mass is 16.5. The van der Waals surface area contributed by atoms with Crippen molar-refractivity contribution in [2.24, 2.45) is 11.8 Å².